The van der Waals surface area contributed by atoms with Crippen LogP contribution in [0.25, 0.3) is 0 Å². The quantitative estimate of drug-likeness (QED) is 0.222. The number of allylic oxidation sites excluding steroid dienone is 1. The normalized spacial score (nSPS) is 10.6. The summed E-state index contributed by atoms with van der Waals surface area (Å²) in [6, 6.07) is 12.9. The van der Waals surface area contributed by atoms with Crippen molar-refractivity contribution in [1.82, 2.24) is 4.98 Å². The second-order valence-electron chi connectivity index (χ2n) is 6.40. The van der Waals surface area contributed by atoms with E-state index in [0.29, 0.717) is 10.0 Å². The van der Waals surface area contributed by atoms with Crippen LogP contribution in [0.4, 0.5) is 16.6 Å². The van der Waals surface area contributed by atoms with Gasteiger partial charge in [0.25, 0.3) is 0 Å². The molecule has 1 aromatic heterocycles. The molecule has 0 saturated heterocycles. The second kappa shape index (κ2) is 9.67. The molecule has 3 rings (SSSR count). The lowest BCUT2D eigenvalue weighted by atomic mass is 10.1. The lowest BCUT2D eigenvalue weighted by Crippen LogP contribution is -2.04. The molecular weight excluding hydrogens is 445 g/mol. The van der Waals surface area contributed by atoms with Gasteiger partial charge in [-0.3, -0.25) is 4.79 Å². The molecule has 0 fully saturated rings. The van der Waals surface area contributed by atoms with Crippen LogP contribution in [0.2, 0.25) is 10.0 Å². The summed E-state index contributed by atoms with van der Waals surface area (Å²) in [5, 5.41) is 4.32. The molecule has 1 heterocycles. The van der Waals surface area contributed by atoms with Crippen LogP contribution in [0.1, 0.15) is 29.1 Å². The van der Waals surface area contributed by atoms with Crippen molar-refractivity contribution in [2.45, 2.75) is 18.7 Å². The van der Waals surface area contributed by atoms with E-state index in [1.165, 1.54) is 16.9 Å². The Kier molecular flexibility index (Phi) is 7.24. The van der Waals surface area contributed by atoms with Gasteiger partial charge < -0.3 is 11.1 Å². The number of hydrogen-bond donors (Lipinski definition) is 2. The topological polar surface area (TPSA) is 68.0 Å². The van der Waals surface area contributed by atoms with E-state index < -0.39 is 0 Å². The number of nitrogens with one attached hydrogen (secondary N) is 1. The molecule has 8 heteroatoms. The molecule has 0 unspecified atom stereocenters. The molecular formula is C21H19Cl2N3OS2. The van der Waals surface area contributed by atoms with Crippen molar-refractivity contribution in [2.24, 2.45) is 0 Å². The molecule has 0 atom stereocenters. The first-order valence-electron chi connectivity index (χ1n) is 8.73. The van der Waals surface area contributed by atoms with Crippen molar-refractivity contribution in [3.8, 4) is 0 Å². The maximum Gasteiger partial charge on any atom is 0.209 e. The van der Waals surface area contributed by atoms with Gasteiger partial charge in [0.15, 0.2) is 5.13 Å². The first kappa shape index (κ1) is 21.7. The van der Waals surface area contributed by atoms with E-state index >= 15 is 0 Å². The van der Waals surface area contributed by atoms with Crippen LogP contribution < -0.4 is 11.1 Å². The Hall–Kier alpha value is -1.99. The molecule has 4 nitrogen and oxygen atoms in total. The Balaban J connectivity index is 1.79. The average molecular weight is 464 g/mol. The summed E-state index contributed by atoms with van der Waals surface area (Å²) < 4.78 is 0. The first-order valence-corrected chi connectivity index (χ1v) is 11.3. The second-order valence-corrected chi connectivity index (χ2v) is 9.31. The number of nitrogen functional groups attached to an aromatic ring is 1. The fraction of sp³-hybridized carbons (Fsp3) is 0.143. The van der Waals surface area contributed by atoms with Gasteiger partial charge in [0.1, 0.15) is 10.7 Å². The maximum atomic E-state index is 12.9. The summed E-state index contributed by atoms with van der Waals surface area (Å²) in [5.41, 5.74) is 8.39. The van der Waals surface area contributed by atoms with Crippen molar-refractivity contribution < 1.29 is 4.79 Å². The van der Waals surface area contributed by atoms with E-state index in [2.05, 4.69) is 36.3 Å². The van der Waals surface area contributed by atoms with Gasteiger partial charge in [-0.15, -0.1) is 11.8 Å². The molecule has 2 aromatic carbocycles. The van der Waals surface area contributed by atoms with E-state index in [9.17, 15) is 4.79 Å². The first-order chi connectivity index (χ1) is 13.8. The highest BCUT2D eigenvalue weighted by molar-refractivity contribution is 7.99. The van der Waals surface area contributed by atoms with Gasteiger partial charge in [-0.25, -0.2) is 4.98 Å². The molecule has 0 amide bonds. The molecule has 0 aliphatic carbocycles. The summed E-state index contributed by atoms with van der Waals surface area (Å²) in [5.74, 6) is 0.718. The fourth-order valence-corrected chi connectivity index (χ4v) is 4.88. The Bertz CT molecular complexity index is 1060. The number of carbonyl (C=O) groups is 1. The van der Waals surface area contributed by atoms with Crippen molar-refractivity contribution in [3.05, 3.63) is 74.6 Å². The zero-order valence-corrected chi connectivity index (χ0v) is 19.0. The van der Waals surface area contributed by atoms with Crippen molar-refractivity contribution in [2.75, 3.05) is 16.8 Å². The number of thiazole rings is 1. The van der Waals surface area contributed by atoms with Crippen LogP contribution >= 0.6 is 46.3 Å². The maximum absolute atomic E-state index is 12.9. The van der Waals surface area contributed by atoms with Gasteiger partial charge in [0.2, 0.25) is 5.78 Å². The summed E-state index contributed by atoms with van der Waals surface area (Å²) in [6.07, 6.45) is 2.18. The number of thioether (sulfide) groups is 1. The van der Waals surface area contributed by atoms with Gasteiger partial charge in [0.05, 0.1) is 15.6 Å². The largest absolute Gasteiger partial charge is 0.382 e. The highest BCUT2D eigenvalue weighted by Gasteiger charge is 2.22. The summed E-state index contributed by atoms with van der Waals surface area (Å²) >= 11 is 15.2. The predicted octanol–water partition coefficient (Wildman–Crippen LogP) is 7.07. The molecule has 0 aliphatic rings. The third-order valence-corrected chi connectivity index (χ3v) is 6.41. The zero-order chi connectivity index (χ0) is 21.0. The third-order valence-electron chi connectivity index (χ3n) is 3.88. The van der Waals surface area contributed by atoms with Crippen LogP contribution in [0.5, 0.6) is 0 Å². The minimum Gasteiger partial charge on any atom is -0.382 e. The minimum atomic E-state index is -0.338. The van der Waals surface area contributed by atoms with Gasteiger partial charge in [-0.2, -0.15) is 0 Å². The Morgan fingerprint density at radius 2 is 1.90 bits per heavy atom. The molecule has 0 bridgehead atoms. The highest BCUT2D eigenvalue weighted by atomic mass is 35.5. The third kappa shape index (κ3) is 5.54. The van der Waals surface area contributed by atoms with E-state index in [0.717, 1.165) is 16.3 Å². The fourth-order valence-electron chi connectivity index (χ4n) is 2.47. The Morgan fingerprint density at radius 1 is 1.21 bits per heavy atom. The number of nitrogens with two attached hydrogens (primary N) is 1. The number of halogens is 2. The number of carbonyl (C=O) groups excluding carboxylic acids is 1. The SMILES string of the molecule is CC(C)=CCSc1cccc(Nc2nc(N)c(C(=O)c3c(Cl)cccc3Cl)s2)c1. The van der Waals surface area contributed by atoms with Crippen molar-refractivity contribution in [1.29, 1.82) is 0 Å². The van der Waals surface area contributed by atoms with Crippen LogP contribution in [0.3, 0.4) is 0 Å². The van der Waals surface area contributed by atoms with Gasteiger partial charge in [0, 0.05) is 16.3 Å². The number of anilines is 3. The van der Waals surface area contributed by atoms with Gasteiger partial charge in [-0.1, -0.05) is 58.3 Å². The molecule has 29 heavy (non-hydrogen) atoms. The minimum absolute atomic E-state index is 0.146. The van der Waals surface area contributed by atoms with E-state index in [1.54, 1.807) is 30.0 Å². The Labute approximate surface area is 188 Å². The van der Waals surface area contributed by atoms with Crippen molar-refractivity contribution >= 4 is 68.7 Å². The molecule has 3 aromatic rings. The number of benzene rings is 2. The number of ketones is 1. The summed E-state index contributed by atoms with van der Waals surface area (Å²) in [6.45, 7) is 4.17. The molecule has 0 aliphatic heterocycles. The highest BCUT2D eigenvalue weighted by Crippen LogP contribution is 2.34. The van der Waals surface area contributed by atoms with Crippen LogP contribution in [-0.2, 0) is 0 Å². The van der Waals surface area contributed by atoms with E-state index in [4.69, 9.17) is 28.9 Å². The molecule has 3 N–H and O–H groups in total. The van der Waals surface area contributed by atoms with Crippen LogP contribution in [-0.4, -0.2) is 16.5 Å². The average Bonchev–Trinajstić information content (AvgIpc) is 3.01. The molecule has 0 saturated carbocycles. The summed E-state index contributed by atoms with van der Waals surface area (Å²) in [4.78, 5) is 18.6. The molecule has 0 radical (unpaired) electrons. The number of hydrogen-bond acceptors (Lipinski definition) is 6. The smallest absolute Gasteiger partial charge is 0.209 e. The van der Waals surface area contributed by atoms with Gasteiger partial charge in [-0.05, 0) is 44.2 Å². The number of nitrogens with zero attached hydrogens (tertiary/aromatic N) is 1. The monoisotopic (exact) mass is 463 g/mol. The number of rotatable bonds is 7. The molecule has 0 spiro atoms. The Morgan fingerprint density at radius 3 is 2.59 bits per heavy atom. The van der Waals surface area contributed by atoms with E-state index in [1.807, 2.05) is 18.2 Å². The van der Waals surface area contributed by atoms with Crippen molar-refractivity contribution in [3.63, 3.8) is 0 Å². The van der Waals surface area contributed by atoms with Crippen LogP contribution in [0, 0.1) is 0 Å². The molecule has 150 valence electrons. The standard InChI is InChI=1S/C21H19Cl2N3OS2/c1-12(2)9-10-28-14-6-3-5-13(11-14)25-21-26-20(24)19(29-21)18(27)17-15(22)7-4-8-16(17)23/h3-9,11H,10,24H2,1-2H3,(H,25,26). The van der Waals surface area contributed by atoms with E-state index in [-0.39, 0.29) is 27.2 Å². The van der Waals surface area contributed by atoms with Gasteiger partial charge >= 0.3 is 0 Å². The lowest BCUT2D eigenvalue weighted by Gasteiger charge is -2.05. The zero-order valence-electron chi connectivity index (χ0n) is 15.8. The number of aromatic nitrogens is 1. The lowest BCUT2D eigenvalue weighted by molar-refractivity contribution is 0.104. The summed E-state index contributed by atoms with van der Waals surface area (Å²) in [7, 11) is 0. The predicted molar refractivity (Wildman–Crippen MR) is 126 cm³/mol. The van der Waals surface area contributed by atoms with Crippen LogP contribution in [0.15, 0.2) is 59.0 Å².